The van der Waals surface area contributed by atoms with E-state index in [9.17, 15) is 9.59 Å². The first-order valence-electron chi connectivity index (χ1n) is 8.02. The van der Waals surface area contributed by atoms with E-state index < -0.39 is 11.9 Å². The van der Waals surface area contributed by atoms with Crippen molar-refractivity contribution in [1.82, 2.24) is 9.88 Å². The molecule has 126 valence electrons. The second-order valence-corrected chi connectivity index (χ2v) is 6.23. The van der Waals surface area contributed by atoms with E-state index in [2.05, 4.69) is 4.98 Å². The fourth-order valence-corrected chi connectivity index (χ4v) is 2.66. The van der Waals surface area contributed by atoms with Crippen LogP contribution in [0.3, 0.4) is 0 Å². The summed E-state index contributed by atoms with van der Waals surface area (Å²) < 4.78 is 5.33. The normalized spacial score (nSPS) is 15.1. The first-order valence-corrected chi connectivity index (χ1v) is 8.02. The van der Waals surface area contributed by atoms with Crippen molar-refractivity contribution in [3.05, 3.63) is 41.8 Å². The van der Waals surface area contributed by atoms with Gasteiger partial charge >= 0.3 is 5.97 Å². The van der Waals surface area contributed by atoms with Gasteiger partial charge in [-0.3, -0.25) is 9.59 Å². The van der Waals surface area contributed by atoms with Crippen molar-refractivity contribution in [2.75, 3.05) is 6.54 Å². The summed E-state index contributed by atoms with van der Waals surface area (Å²) in [4.78, 5) is 30.1. The molecule has 2 heterocycles. The summed E-state index contributed by atoms with van der Waals surface area (Å²) in [5.74, 6) is -0.987. The van der Waals surface area contributed by atoms with Crippen LogP contribution in [0.2, 0.25) is 0 Å². The van der Waals surface area contributed by atoms with Crippen molar-refractivity contribution in [1.29, 1.82) is 0 Å². The molecule has 0 saturated heterocycles. The van der Waals surface area contributed by atoms with Gasteiger partial charge < -0.3 is 14.4 Å². The van der Waals surface area contributed by atoms with Gasteiger partial charge in [0.15, 0.2) is 5.76 Å². The number of rotatable bonds is 6. The topological polar surface area (TPSA) is 83.6 Å². The van der Waals surface area contributed by atoms with Gasteiger partial charge in [-0.2, -0.15) is 0 Å². The number of carbonyl (C=O) groups is 2. The lowest BCUT2D eigenvalue weighted by Gasteiger charge is -2.25. The molecule has 0 radical (unpaired) electrons. The van der Waals surface area contributed by atoms with E-state index in [-0.39, 0.29) is 18.5 Å². The number of pyridine rings is 1. The van der Waals surface area contributed by atoms with E-state index in [1.54, 1.807) is 43.2 Å². The third-order valence-corrected chi connectivity index (χ3v) is 4.23. The fourth-order valence-electron chi connectivity index (χ4n) is 2.66. The van der Waals surface area contributed by atoms with Gasteiger partial charge in [0.05, 0.1) is 23.4 Å². The predicted octanol–water partition coefficient (Wildman–Crippen LogP) is 2.98. The highest BCUT2D eigenvalue weighted by molar-refractivity contribution is 5.96. The van der Waals surface area contributed by atoms with Crippen LogP contribution in [-0.2, 0) is 4.79 Å². The Morgan fingerprint density at radius 1 is 1.38 bits per heavy atom. The first-order chi connectivity index (χ1) is 11.5. The number of carbonyl (C=O) groups excluding carboxylic acids is 1. The zero-order valence-corrected chi connectivity index (χ0v) is 13.7. The predicted molar refractivity (Wildman–Crippen MR) is 87.5 cm³/mol. The molecule has 24 heavy (non-hydrogen) atoms. The SMILES string of the molecule is Cc1nc(-c2ccco2)ccc1C(=O)N(CC(C)C(=O)O)C1CC1. The molecule has 0 spiro atoms. The quantitative estimate of drug-likeness (QED) is 0.881. The van der Waals surface area contributed by atoms with Crippen molar-refractivity contribution < 1.29 is 19.1 Å². The molecule has 3 rings (SSSR count). The lowest BCUT2D eigenvalue weighted by Crippen LogP contribution is -2.39. The Bertz CT molecular complexity index is 750. The van der Waals surface area contributed by atoms with Crippen LogP contribution in [0.15, 0.2) is 34.9 Å². The minimum Gasteiger partial charge on any atom is -0.481 e. The maximum Gasteiger partial charge on any atom is 0.308 e. The molecular formula is C18H20N2O4. The summed E-state index contributed by atoms with van der Waals surface area (Å²) in [6.45, 7) is 3.62. The van der Waals surface area contributed by atoms with Gasteiger partial charge in [0, 0.05) is 12.6 Å². The van der Waals surface area contributed by atoms with E-state index >= 15 is 0 Å². The molecule has 1 unspecified atom stereocenters. The number of nitrogens with zero attached hydrogens (tertiary/aromatic N) is 2. The smallest absolute Gasteiger partial charge is 0.308 e. The molecule has 6 nitrogen and oxygen atoms in total. The number of aryl methyl sites for hydroxylation is 1. The molecule has 1 saturated carbocycles. The van der Waals surface area contributed by atoms with Crippen LogP contribution in [-0.4, -0.2) is 39.5 Å². The summed E-state index contributed by atoms with van der Waals surface area (Å²) in [7, 11) is 0. The van der Waals surface area contributed by atoms with Crippen LogP contribution >= 0.6 is 0 Å². The first kappa shape index (κ1) is 16.2. The van der Waals surface area contributed by atoms with Gasteiger partial charge in [-0.05, 0) is 44.0 Å². The number of aliphatic carboxylic acids is 1. The van der Waals surface area contributed by atoms with E-state index in [4.69, 9.17) is 9.52 Å². The average molecular weight is 328 g/mol. The summed E-state index contributed by atoms with van der Waals surface area (Å²) in [6, 6.07) is 7.24. The lowest BCUT2D eigenvalue weighted by atomic mass is 10.1. The number of furan rings is 1. The molecule has 6 heteroatoms. The maximum atomic E-state index is 12.9. The van der Waals surface area contributed by atoms with Crippen LogP contribution in [0, 0.1) is 12.8 Å². The van der Waals surface area contributed by atoms with Gasteiger partial charge in [-0.15, -0.1) is 0 Å². The highest BCUT2D eigenvalue weighted by atomic mass is 16.4. The largest absolute Gasteiger partial charge is 0.481 e. The van der Waals surface area contributed by atoms with E-state index in [0.29, 0.717) is 22.7 Å². The maximum absolute atomic E-state index is 12.9. The number of hydrogen-bond donors (Lipinski definition) is 1. The molecule has 1 amide bonds. The Kier molecular flexibility index (Phi) is 4.38. The molecule has 1 aliphatic carbocycles. The highest BCUT2D eigenvalue weighted by Gasteiger charge is 2.35. The van der Waals surface area contributed by atoms with Crippen molar-refractivity contribution >= 4 is 11.9 Å². The lowest BCUT2D eigenvalue weighted by molar-refractivity contribution is -0.141. The Morgan fingerprint density at radius 2 is 2.12 bits per heavy atom. The number of hydrogen-bond acceptors (Lipinski definition) is 4. The molecule has 1 N–H and O–H groups in total. The molecule has 0 bridgehead atoms. The van der Waals surface area contributed by atoms with E-state index in [1.165, 1.54) is 0 Å². The molecule has 0 aliphatic heterocycles. The van der Waals surface area contributed by atoms with Crippen LogP contribution in [0.25, 0.3) is 11.5 Å². The minimum absolute atomic E-state index is 0.142. The molecular weight excluding hydrogens is 308 g/mol. The highest BCUT2D eigenvalue weighted by Crippen LogP contribution is 2.30. The number of carboxylic acid groups (broad SMARTS) is 1. The Balaban J connectivity index is 1.83. The fraction of sp³-hybridized carbons (Fsp3) is 0.389. The van der Waals surface area contributed by atoms with Gasteiger partial charge in [0.1, 0.15) is 5.69 Å². The zero-order valence-electron chi connectivity index (χ0n) is 13.7. The standard InChI is InChI=1S/C18H20N2O4/c1-11(18(22)23)10-20(13-5-6-13)17(21)14-7-8-15(19-12(14)2)16-4-3-9-24-16/h3-4,7-9,11,13H,5-6,10H2,1-2H3,(H,22,23). The Labute approximate surface area is 140 Å². The summed E-state index contributed by atoms with van der Waals surface area (Å²) in [6.07, 6.45) is 3.43. The van der Waals surface area contributed by atoms with Crippen molar-refractivity contribution in [3.63, 3.8) is 0 Å². The van der Waals surface area contributed by atoms with Crippen LogP contribution in [0.5, 0.6) is 0 Å². The van der Waals surface area contributed by atoms with Gasteiger partial charge in [-0.1, -0.05) is 6.92 Å². The van der Waals surface area contributed by atoms with Gasteiger partial charge in [0.25, 0.3) is 5.91 Å². The molecule has 1 aliphatic rings. The number of amides is 1. The molecule has 0 aromatic carbocycles. The Hall–Kier alpha value is -2.63. The second-order valence-electron chi connectivity index (χ2n) is 6.23. The third-order valence-electron chi connectivity index (χ3n) is 4.23. The monoisotopic (exact) mass is 328 g/mol. The molecule has 2 aromatic rings. The van der Waals surface area contributed by atoms with E-state index in [0.717, 1.165) is 12.8 Å². The van der Waals surface area contributed by atoms with Crippen molar-refractivity contribution in [2.45, 2.75) is 32.7 Å². The van der Waals surface area contributed by atoms with Gasteiger partial charge in [0.2, 0.25) is 0 Å². The molecule has 1 fully saturated rings. The molecule has 1 atom stereocenters. The zero-order chi connectivity index (χ0) is 17.3. The summed E-state index contributed by atoms with van der Waals surface area (Å²) in [5, 5.41) is 9.12. The van der Waals surface area contributed by atoms with Crippen molar-refractivity contribution in [3.8, 4) is 11.5 Å². The minimum atomic E-state index is -0.892. The average Bonchev–Trinajstić information content (AvgIpc) is 3.24. The van der Waals surface area contributed by atoms with Gasteiger partial charge in [-0.25, -0.2) is 4.98 Å². The number of carboxylic acids is 1. The second kappa shape index (κ2) is 6.47. The third kappa shape index (κ3) is 3.32. The summed E-state index contributed by atoms with van der Waals surface area (Å²) in [5.41, 5.74) is 1.79. The van der Waals surface area contributed by atoms with Crippen LogP contribution in [0.4, 0.5) is 0 Å². The Morgan fingerprint density at radius 3 is 2.67 bits per heavy atom. The van der Waals surface area contributed by atoms with E-state index in [1.807, 2.05) is 6.07 Å². The summed E-state index contributed by atoms with van der Waals surface area (Å²) >= 11 is 0. The number of aromatic nitrogens is 1. The van der Waals surface area contributed by atoms with Crippen molar-refractivity contribution in [2.24, 2.45) is 5.92 Å². The van der Waals surface area contributed by atoms with Crippen LogP contribution < -0.4 is 0 Å². The van der Waals surface area contributed by atoms with Crippen LogP contribution in [0.1, 0.15) is 35.8 Å². The molecule has 2 aromatic heterocycles.